The predicted molar refractivity (Wildman–Crippen MR) is 138 cm³/mol. The summed E-state index contributed by atoms with van der Waals surface area (Å²) in [5, 5.41) is 3.18. The van der Waals surface area contributed by atoms with Gasteiger partial charge in [0.05, 0.1) is 12.9 Å². The molecule has 0 radical (unpaired) electrons. The molecule has 0 saturated heterocycles. The molecule has 2 aromatic rings. The first-order chi connectivity index (χ1) is 16.0. The molecule has 1 atom stereocenters. The summed E-state index contributed by atoms with van der Waals surface area (Å²) in [5.74, 6) is 1.77. The minimum atomic E-state index is -0.528. The van der Waals surface area contributed by atoms with E-state index in [1.54, 1.807) is 23.8 Å². The van der Waals surface area contributed by atoms with Gasteiger partial charge in [0, 0.05) is 22.8 Å². The van der Waals surface area contributed by atoms with Crippen molar-refractivity contribution in [3.8, 4) is 5.75 Å². The van der Waals surface area contributed by atoms with Crippen molar-refractivity contribution in [3.05, 3.63) is 64.1 Å². The van der Waals surface area contributed by atoms with E-state index in [1.807, 2.05) is 55.5 Å². The Labute approximate surface area is 209 Å². The summed E-state index contributed by atoms with van der Waals surface area (Å²) in [6.07, 6.45) is 5.59. The Morgan fingerprint density at radius 3 is 2.52 bits per heavy atom. The van der Waals surface area contributed by atoms with Crippen molar-refractivity contribution in [2.75, 3.05) is 12.9 Å². The number of nitrogens with one attached hydrogen (secondary N) is 1. The van der Waals surface area contributed by atoms with Crippen LogP contribution in [0, 0.1) is 0 Å². The van der Waals surface area contributed by atoms with E-state index in [1.165, 1.54) is 6.42 Å². The lowest BCUT2D eigenvalue weighted by molar-refractivity contribution is -0.139. The molecule has 33 heavy (non-hydrogen) atoms. The lowest BCUT2D eigenvalue weighted by Gasteiger charge is -2.31. The van der Waals surface area contributed by atoms with Gasteiger partial charge in [-0.05, 0) is 55.2 Å². The molecule has 1 fully saturated rings. The highest BCUT2D eigenvalue weighted by Gasteiger charge is 2.28. The maximum Gasteiger partial charge on any atom is 0.242 e. The number of carbonyl (C=O) groups excluding carboxylic acids is 2. The number of hydrogen-bond donors (Lipinski definition) is 1. The van der Waals surface area contributed by atoms with E-state index < -0.39 is 6.04 Å². The maximum absolute atomic E-state index is 13.3. The number of methoxy groups -OCH3 is 1. The molecule has 1 aliphatic carbocycles. The highest BCUT2D eigenvalue weighted by molar-refractivity contribution is 9.10. The zero-order chi connectivity index (χ0) is 23.6. The molecule has 2 aromatic carbocycles. The van der Waals surface area contributed by atoms with Crippen LogP contribution in [-0.2, 0) is 21.9 Å². The second kappa shape index (κ2) is 13.0. The van der Waals surface area contributed by atoms with Crippen molar-refractivity contribution >= 4 is 39.5 Å². The summed E-state index contributed by atoms with van der Waals surface area (Å²) in [6.45, 7) is 2.24. The second-order valence-corrected chi connectivity index (χ2v) is 10.4. The fourth-order valence-electron chi connectivity index (χ4n) is 4.04. The van der Waals surface area contributed by atoms with Gasteiger partial charge in [-0.2, -0.15) is 0 Å². The topological polar surface area (TPSA) is 58.6 Å². The molecule has 2 amide bonds. The first-order valence-electron chi connectivity index (χ1n) is 11.5. The van der Waals surface area contributed by atoms with Crippen molar-refractivity contribution in [2.45, 2.75) is 63.4 Å². The van der Waals surface area contributed by atoms with Crippen LogP contribution in [0.2, 0.25) is 0 Å². The van der Waals surface area contributed by atoms with E-state index in [9.17, 15) is 9.59 Å². The van der Waals surface area contributed by atoms with Crippen LogP contribution in [0.15, 0.2) is 53.0 Å². The number of ether oxygens (including phenoxy) is 1. The molecule has 7 heteroatoms. The summed E-state index contributed by atoms with van der Waals surface area (Å²) < 4.78 is 6.16. The molecular formula is C26H33BrN2O3S. The zero-order valence-corrected chi connectivity index (χ0v) is 21.8. The van der Waals surface area contributed by atoms with E-state index in [4.69, 9.17) is 4.74 Å². The number of carbonyl (C=O) groups is 2. The Bertz CT molecular complexity index is 916. The number of amides is 2. The average molecular weight is 534 g/mol. The first-order valence-corrected chi connectivity index (χ1v) is 13.5. The molecule has 5 nitrogen and oxygen atoms in total. The SMILES string of the molecule is COc1ccc(CSCC(=O)N(Cc2cccc(Br)c2)[C@@H](C)C(=O)NC2CCCCC2)cc1. The fraction of sp³-hybridized carbons (Fsp3) is 0.462. The van der Waals surface area contributed by atoms with Crippen molar-refractivity contribution in [2.24, 2.45) is 0 Å². The van der Waals surface area contributed by atoms with E-state index >= 15 is 0 Å². The first kappa shape index (κ1) is 25.6. The van der Waals surface area contributed by atoms with Gasteiger partial charge in [0.1, 0.15) is 11.8 Å². The van der Waals surface area contributed by atoms with Crippen LogP contribution in [0.5, 0.6) is 5.75 Å². The van der Waals surface area contributed by atoms with Crippen molar-refractivity contribution < 1.29 is 14.3 Å². The number of thioether (sulfide) groups is 1. The number of hydrogen-bond acceptors (Lipinski definition) is 4. The Balaban J connectivity index is 1.63. The minimum Gasteiger partial charge on any atom is -0.497 e. The van der Waals surface area contributed by atoms with Gasteiger partial charge in [0.25, 0.3) is 0 Å². The molecule has 0 bridgehead atoms. The number of rotatable bonds is 10. The van der Waals surface area contributed by atoms with Crippen LogP contribution < -0.4 is 10.1 Å². The molecule has 0 unspecified atom stereocenters. The van der Waals surface area contributed by atoms with Crippen molar-refractivity contribution in [1.82, 2.24) is 10.2 Å². The van der Waals surface area contributed by atoms with Gasteiger partial charge >= 0.3 is 0 Å². The van der Waals surface area contributed by atoms with E-state index in [2.05, 4.69) is 21.2 Å². The van der Waals surface area contributed by atoms with E-state index in [0.29, 0.717) is 12.3 Å². The lowest BCUT2D eigenvalue weighted by atomic mass is 9.95. The van der Waals surface area contributed by atoms with Crippen LogP contribution in [0.4, 0.5) is 0 Å². The molecule has 0 aliphatic heterocycles. The Morgan fingerprint density at radius 1 is 1.12 bits per heavy atom. The van der Waals surface area contributed by atoms with Crippen LogP contribution >= 0.6 is 27.7 Å². The number of halogens is 1. The van der Waals surface area contributed by atoms with Crippen molar-refractivity contribution in [3.63, 3.8) is 0 Å². The largest absolute Gasteiger partial charge is 0.497 e. The molecule has 0 aromatic heterocycles. The van der Waals surface area contributed by atoms with Crippen molar-refractivity contribution in [1.29, 1.82) is 0 Å². The highest BCUT2D eigenvalue weighted by Crippen LogP contribution is 2.21. The summed E-state index contributed by atoms with van der Waals surface area (Å²) in [5.41, 5.74) is 2.13. The monoisotopic (exact) mass is 532 g/mol. The lowest BCUT2D eigenvalue weighted by Crippen LogP contribution is -2.50. The van der Waals surface area contributed by atoms with Gasteiger partial charge in [-0.25, -0.2) is 0 Å². The molecule has 0 spiro atoms. The van der Waals surface area contributed by atoms with E-state index in [-0.39, 0.29) is 17.9 Å². The third-order valence-corrected chi connectivity index (χ3v) is 7.50. The molecule has 1 N–H and O–H groups in total. The van der Waals surface area contributed by atoms with E-state index in [0.717, 1.165) is 52.8 Å². The van der Waals surface area contributed by atoms with Crippen LogP contribution in [0.1, 0.15) is 50.2 Å². The summed E-state index contributed by atoms with van der Waals surface area (Å²) in [4.78, 5) is 28.0. The molecule has 3 rings (SSSR count). The van der Waals surface area contributed by atoms with Gasteiger partial charge < -0.3 is 15.0 Å². The Kier molecular flexibility index (Phi) is 10.1. The molecular weight excluding hydrogens is 500 g/mol. The second-order valence-electron chi connectivity index (χ2n) is 8.51. The normalized spacial score (nSPS) is 15.0. The van der Waals surface area contributed by atoms with Crippen LogP contribution in [-0.4, -0.2) is 41.7 Å². The Hall–Kier alpha value is -1.99. The summed E-state index contributed by atoms with van der Waals surface area (Å²) in [6, 6.07) is 15.5. The quantitative estimate of drug-likeness (QED) is 0.435. The average Bonchev–Trinajstić information content (AvgIpc) is 2.83. The molecule has 1 aliphatic rings. The van der Waals surface area contributed by atoms with Gasteiger partial charge in [0.2, 0.25) is 11.8 Å². The van der Waals surface area contributed by atoms with Crippen LogP contribution in [0.3, 0.4) is 0 Å². The predicted octanol–water partition coefficient (Wildman–Crippen LogP) is 5.56. The maximum atomic E-state index is 13.3. The fourth-order valence-corrected chi connectivity index (χ4v) is 5.36. The zero-order valence-electron chi connectivity index (χ0n) is 19.4. The van der Waals surface area contributed by atoms with Gasteiger partial charge in [-0.3, -0.25) is 9.59 Å². The highest BCUT2D eigenvalue weighted by atomic mass is 79.9. The third kappa shape index (κ3) is 8.07. The summed E-state index contributed by atoms with van der Waals surface area (Å²) in [7, 11) is 1.65. The molecule has 0 heterocycles. The van der Waals surface area contributed by atoms with Crippen LogP contribution in [0.25, 0.3) is 0 Å². The smallest absolute Gasteiger partial charge is 0.242 e. The Morgan fingerprint density at radius 2 is 1.85 bits per heavy atom. The standard InChI is InChI=1S/C26H33BrN2O3S/c1-19(26(31)28-23-9-4-3-5-10-23)29(16-21-7-6-8-22(27)15-21)25(30)18-33-17-20-11-13-24(32-2)14-12-20/h6-8,11-15,19,23H,3-5,9-10,16-18H2,1-2H3,(H,28,31)/t19-/m0/s1. The van der Waals surface area contributed by atoms with Gasteiger partial charge in [-0.15, -0.1) is 11.8 Å². The molecule has 178 valence electrons. The minimum absolute atomic E-state index is 0.0280. The van der Waals surface area contributed by atoms with Gasteiger partial charge in [0.15, 0.2) is 0 Å². The van der Waals surface area contributed by atoms with Gasteiger partial charge in [-0.1, -0.05) is 59.5 Å². The summed E-state index contributed by atoms with van der Waals surface area (Å²) >= 11 is 5.06. The molecule has 1 saturated carbocycles. The number of benzene rings is 2. The third-order valence-electron chi connectivity index (χ3n) is 6.01. The number of nitrogens with zero attached hydrogens (tertiary/aromatic N) is 1.